The molecule has 5 heteroatoms. The van der Waals surface area contributed by atoms with Gasteiger partial charge in [-0.25, -0.2) is 0 Å². The molecule has 5 nitrogen and oxygen atoms in total. The standard InChI is InChI=1S/C63H114O5/c1-4-7-10-13-16-19-22-25-28-31-32-34-35-38-41-44-47-50-53-56-62(64)67-60-61(59-66-58-55-52-49-46-43-40-37-30-27-24-21-18-15-12-9-6-3)68-63(65)57-54-51-48-45-42-39-36-33-29-26-23-20-17-14-11-8-5-2/h17,20,25-26,28-29,36,39,45,48,61H,4-16,18-19,21-24,27,30-35,37-38,40-44,46-47,49-60H2,1-3H3/b20-17-,28-25-,29-26-,39-36-,48-45-/t61-/m1/s1. The summed E-state index contributed by atoms with van der Waals surface area (Å²) in [5.74, 6) is -0.450. The summed E-state index contributed by atoms with van der Waals surface area (Å²) in [5.41, 5.74) is 0. The topological polar surface area (TPSA) is 61.8 Å². The van der Waals surface area contributed by atoms with E-state index in [2.05, 4.69) is 81.5 Å². The molecule has 0 amide bonds. The highest BCUT2D eigenvalue weighted by Gasteiger charge is 2.17. The Balaban J connectivity index is 4.32. The maximum Gasteiger partial charge on any atom is 0.306 e. The number of rotatable bonds is 55. The van der Waals surface area contributed by atoms with Crippen molar-refractivity contribution in [3.8, 4) is 0 Å². The summed E-state index contributed by atoms with van der Waals surface area (Å²) in [6.45, 7) is 7.79. The Morgan fingerprint density at radius 2 is 0.632 bits per heavy atom. The second-order valence-corrected chi connectivity index (χ2v) is 19.9. The van der Waals surface area contributed by atoms with Gasteiger partial charge in [0.1, 0.15) is 6.61 Å². The molecule has 0 aromatic carbocycles. The highest BCUT2D eigenvalue weighted by Crippen LogP contribution is 2.16. The van der Waals surface area contributed by atoms with E-state index in [1.165, 1.54) is 212 Å². The molecule has 68 heavy (non-hydrogen) atoms. The van der Waals surface area contributed by atoms with Gasteiger partial charge in [0.25, 0.3) is 0 Å². The molecule has 0 aliphatic carbocycles. The maximum atomic E-state index is 12.8. The summed E-state index contributed by atoms with van der Waals surface area (Å²) < 4.78 is 17.5. The van der Waals surface area contributed by atoms with E-state index in [9.17, 15) is 9.59 Å². The van der Waals surface area contributed by atoms with Crippen LogP contribution >= 0.6 is 0 Å². The van der Waals surface area contributed by atoms with Crippen molar-refractivity contribution in [2.75, 3.05) is 19.8 Å². The van der Waals surface area contributed by atoms with Crippen molar-refractivity contribution in [1.82, 2.24) is 0 Å². The van der Waals surface area contributed by atoms with Crippen LogP contribution in [0.5, 0.6) is 0 Å². The molecule has 0 aromatic rings. The first-order valence-corrected chi connectivity index (χ1v) is 29.8. The second-order valence-electron chi connectivity index (χ2n) is 19.9. The Kier molecular flexibility index (Phi) is 56.8. The predicted molar refractivity (Wildman–Crippen MR) is 298 cm³/mol. The van der Waals surface area contributed by atoms with Gasteiger partial charge in [0.05, 0.1) is 6.61 Å². The van der Waals surface area contributed by atoms with E-state index in [4.69, 9.17) is 14.2 Å². The predicted octanol–water partition coefficient (Wildman–Crippen LogP) is 20.5. The van der Waals surface area contributed by atoms with Crippen LogP contribution < -0.4 is 0 Å². The molecule has 0 saturated heterocycles. The summed E-state index contributed by atoms with van der Waals surface area (Å²) in [6.07, 6.45) is 75.4. The molecular formula is C63H114O5. The number of unbranched alkanes of at least 4 members (excludes halogenated alkanes) is 34. The second kappa shape index (κ2) is 58.9. The quantitative estimate of drug-likeness (QED) is 0.0345. The normalized spacial score (nSPS) is 12.6. The van der Waals surface area contributed by atoms with Crippen molar-refractivity contribution < 1.29 is 23.8 Å². The minimum Gasteiger partial charge on any atom is -0.462 e. The van der Waals surface area contributed by atoms with Gasteiger partial charge in [-0.3, -0.25) is 9.59 Å². The number of esters is 2. The third-order valence-corrected chi connectivity index (χ3v) is 13.0. The van der Waals surface area contributed by atoms with Crippen LogP contribution in [0, 0.1) is 0 Å². The fraction of sp³-hybridized carbons (Fsp3) is 0.810. The van der Waals surface area contributed by atoms with Crippen LogP contribution in [-0.4, -0.2) is 37.9 Å². The Bertz CT molecular complexity index is 1170. The van der Waals surface area contributed by atoms with Gasteiger partial charge >= 0.3 is 11.9 Å². The zero-order valence-corrected chi connectivity index (χ0v) is 45.6. The van der Waals surface area contributed by atoms with Crippen LogP contribution in [0.15, 0.2) is 60.8 Å². The third kappa shape index (κ3) is 56.2. The summed E-state index contributed by atoms with van der Waals surface area (Å²) >= 11 is 0. The highest BCUT2D eigenvalue weighted by molar-refractivity contribution is 5.70. The molecule has 0 aliphatic rings. The average Bonchev–Trinajstić information content (AvgIpc) is 3.34. The smallest absolute Gasteiger partial charge is 0.306 e. The van der Waals surface area contributed by atoms with E-state index < -0.39 is 6.10 Å². The molecule has 0 N–H and O–H groups in total. The Labute approximate surface area is 424 Å². The first kappa shape index (κ1) is 65.6. The van der Waals surface area contributed by atoms with Gasteiger partial charge < -0.3 is 14.2 Å². The largest absolute Gasteiger partial charge is 0.462 e. The SMILES string of the molecule is CCCCC/C=C\C/C=C\C/C=C\C/C=C\CCCC(=O)O[C@H](COCCCCCCCCCCCCCCCCCC)COC(=O)CCCCCCCCCCC/C=C\CCCCCCCC. The first-order valence-electron chi connectivity index (χ1n) is 29.8. The van der Waals surface area contributed by atoms with Crippen molar-refractivity contribution in [1.29, 1.82) is 0 Å². The lowest BCUT2D eigenvalue weighted by Crippen LogP contribution is -2.30. The van der Waals surface area contributed by atoms with Gasteiger partial charge in [-0.2, -0.15) is 0 Å². The number of hydrogen-bond acceptors (Lipinski definition) is 5. The molecule has 0 fully saturated rings. The fourth-order valence-electron chi connectivity index (χ4n) is 8.56. The molecule has 0 spiro atoms. The molecule has 0 heterocycles. The molecule has 0 aliphatic heterocycles. The van der Waals surface area contributed by atoms with E-state index in [0.29, 0.717) is 19.4 Å². The summed E-state index contributed by atoms with van der Waals surface area (Å²) in [4.78, 5) is 25.5. The van der Waals surface area contributed by atoms with Crippen LogP contribution in [0.1, 0.15) is 303 Å². The van der Waals surface area contributed by atoms with Gasteiger partial charge in [-0.05, 0) is 83.5 Å². The van der Waals surface area contributed by atoms with E-state index in [-0.39, 0.29) is 25.2 Å². The lowest BCUT2D eigenvalue weighted by molar-refractivity contribution is -0.162. The number of carbonyl (C=O) groups excluding carboxylic acids is 2. The van der Waals surface area contributed by atoms with Crippen molar-refractivity contribution in [2.45, 2.75) is 309 Å². The average molecular weight is 952 g/mol. The van der Waals surface area contributed by atoms with E-state index in [1.54, 1.807) is 0 Å². The number of ether oxygens (including phenoxy) is 3. The molecule has 1 atom stereocenters. The molecule has 396 valence electrons. The molecule has 0 unspecified atom stereocenters. The van der Waals surface area contributed by atoms with Crippen LogP contribution in [-0.2, 0) is 23.8 Å². The van der Waals surface area contributed by atoms with Crippen molar-refractivity contribution in [3.05, 3.63) is 60.8 Å². The Morgan fingerprint density at radius 3 is 1.07 bits per heavy atom. The van der Waals surface area contributed by atoms with Crippen LogP contribution in [0.2, 0.25) is 0 Å². The lowest BCUT2D eigenvalue weighted by Gasteiger charge is -2.18. The number of carbonyl (C=O) groups is 2. The Morgan fingerprint density at radius 1 is 0.324 bits per heavy atom. The number of allylic oxidation sites excluding steroid dienone is 10. The zero-order valence-electron chi connectivity index (χ0n) is 45.6. The van der Waals surface area contributed by atoms with Gasteiger partial charge in [0, 0.05) is 19.4 Å². The molecule has 0 bridgehead atoms. The minimum atomic E-state index is -0.565. The van der Waals surface area contributed by atoms with E-state index in [1.807, 2.05) is 0 Å². The van der Waals surface area contributed by atoms with Crippen molar-refractivity contribution in [3.63, 3.8) is 0 Å². The Hall–Kier alpha value is -2.40. The fourth-order valence-corrected chi connectivity index (χ4v) is 8.56. The molecule has 0 rings (SSSR count). The van der Waals surface area contributed by atoms with Crippen LogP contribution in [0.25, 0.3) is 0 Å². The van der Waals surface area contributed by atoms with E-state index in [0.717, 1.165) is 57.8 Å². The van der Waals surface area contributed by atoms with E-state index >= 15 is 0 Å². The lowest BCUT2D eigenvalue weighted by atomic mass is 10.0. The van der Waals surface area contributed by atoms with Crippen molar-refractivity contribution in [2.24, 2.45) is 0 Å². The van der Waals surface area contributed by atoms with Gasteiger partial charge in [0.15, 0.2) is 6.10 Å². The highest BCUT2D eigenvalue weighted by atomic mass is 16.6. The minimum absolute atomic E-state index is 0.0651. The van der Waals surface area contributed by atoms with Gasteiger partial charge in [-0.15, -0.1) is 0 Å². The van der Waals surface area contributed by atoms with Crippen molar-refractivity contribution >= 4 is 11.9 Å². The molecule has 0 radical (unpaired) electrons. The molecule has 0 aromatic heterocycles. The van der Waals surface area contributed by atoms with Gasteiger partial charge in [-0.1, -0.05) is 268 Å². The molecular weight excluding hydrogens is 837 g/mol. The maximum absolute atomic E-state index is 12.8. The summed E-state index contributed by atoms with van der Waals surface area (Å²) in [6, 6.07) is 0. The molecule has 0 saturated carbocycles. The summed E-state index contributed by atoms with van der Waals surface area (Å²) in [5, 5.41) is 0. The zero-order chi connectivity index (χ0) is 49.2. The van der Waals surface area contributed by atoms with Gasteiger partial charge in [0.2, 0.25) is 0 Å². The summed E-state index contributed by atoms with van der Waals surface area (Å²) in [7, 11) is 0. The van der Waals surface area contributed by atoms with Crippen LogP contribution in [0.3, 0.4) is 0 Å². The monoisotopic (exact) mass is 951 g/mol. The third-order valence-electron chi connectivity index (χ3n) is 13.0. The number of hydrogen-bond donors (Lipinski definition) is 0. The first-order chi connectivity index (χ1) is 33.6. The van der Waals surface area contributed by atoms with Crippen LogP contribution in [0.4, 0.5) is 0 Å².